The molecule has 2 saturated heterocycles. The van der Waals surface area contributed by atoms with E-state index in [1.54, 1.807) is 0 Å². The number of likely N-dealkylation sites (tertiary alicyclic amines) is 1. The normalized spacial score (nSPS) is 23.2. The second-order valence-corrected chi connectivity index (χ2v) is 7.10. The van der Waals surface area contributed by atoms with E-state index in [0.717, 1.165) is 51.1 Å². The molecule has 2 fully saturated rings. The molecule has 0 N–H and O–H groups in total. The van der Waals surface area contributed by atoms with Crippen LogP contribution in [0.15, 0.2) is 30.3 Å². The van der Waals surface area contributed by atoms with E-state index in [2.05, 4.69) is 0 Å². The summed E-state index contributed by atoms with van der Waals surface area (Å²) in [6, 6.07) is 10.0. The van der Waals surface area contributed by atoms with E-state index in [1.807, 2.05) is 49.1 Å². The first-order valence-corrected chi connectivity index (χ1v) is 8.65. The molecule has 126 valence electrons. The van der Waals surface area contributed by atoms with Crippen molar-refractivity contribution in [2.45, 2.75) is 50.7 Å². The predicted octanol–water partition coefficient (Wildman–Crippen LogP) is 2.76. The van der Waals surface area contributed by atoms with Crippen LogP contribution in [0, 0.1) is 0 Å². The average molecular weight is 317 g/mol. The molecule has 0 bridgehead atoms. The van der Waals surface area contributed by atoms with Gasteiger partial charge in [-0.3, -0.25) is 4.79 Å². The second kappa shape index (κ2) is 7.02. The highest BCUT2D eigenvalue weighted by Gasteiger charge is 2.36. The van der Waals surface area contributed by atoms with Gasteiger partial charge in [0, 0.05) is 19.7 Å². The van der Waals surface area contributed by atoms with Gasteiger partial charge in [-0.05, 0) is 38.7 Å². The van der Waals surface area contributed by atoms with E-state index in [4.69, 9.17) is 9.47 Å². The van der Waals surface area contributed by atoms with Gasteiger partial charge in [-0.15, -0.1) is 0 Å². The van der Waals surface area contributed by atoms with Gasteiger partial charge < -0.3 is 14.4 Å². The van der Waals surface area contributed by atoms with Gasteiger partial charge in [0.05, 0.1) is 24.2 Å². The van der Waals surface area contributed by atoms with Gasteiger partial charge >= 0.3 is 0 Å². The van der Waals surface area contributed by atoms with Crippen LogP contribution in [0.4, 0.5) is 0 Å². The van der Waals surface area contributed by atoms with E-state index in [1.165, 1.54) is 0 Å². The molecule has 0 saturated carbocycles. The number of hydrogen-bond donors (Lipinski definition) is 0. The van der Waals surface area contributed by atoms with Crippen LogP contribution in [0.1, 0.15) is 38.7 Å². The molecule has 4 nitrogen and oxygen atoms in total. The standard InChI is InChI=1S/C19H27NO3/c1-19(2,15-6-4-3-5-7-15)18(21)20-11-8-16(9-12-20)23-17-10-13-22-14-17/h3-7,16-17H,8-14H2,1-2H3. The van der Waals surface area contributed by atoms with Crippen LogP contribution in [-0.4, -0.2) is 49.3 Å². The molecule has 1 aromatic rings. The van der Waals surface area contributed by atoms with Crippen LogP contribution in [0.2, 0.25) is 0 Å². The quantitative estimate of drug-likeness (QED) is 0.857. The maximum Gasteiger partial charge on any atom is 0.232 e. The van der Waals surface area contributed by atoms with Crippen LogP contribution >= 0.6 is 0 Å². The Bertz CT molecular complexity index is 515. The number of nitrogens with zero attached hydrogens (tertiary/aromatic N) is 1. The van der Waals surface area contributed by atoms with Gasteiger partial charge in [0.25, 0.3) is 0 Å². The van der Waals surface area contributed by atoms with Gasteiger partial charge in [0.2, 0.25) is 5.91 Å². The fraction of sp³-hybridized carbons (Fsp3) is 0.632. The van der Waals surface area contributed by atoms with Crippen LogP contribution in [0.25, 0.3) is 0 Å². The molecule has 0 aliphatic carbocycles. The van der Waals surface area contributed by atoms with Crippen molar-refractivity contribution in [3.05, 3.63) is 35.9 Å². The first kappa shape index (κ1) is 16.5. The number of carbonyl (C=O) groups is 1. The molecule has 2 aliphatic heterocycles. The number of rotatable bonds is 4. The fourth-order valence-corrected chi connectivity index (χ4v) is 3.46. The minimum atomic E-state index is -0.478. The van der Waals surface area contributed by atoms with Gasteiger partial charge in [0.15, 0.2) is 0 Å². The van der Waals surface area contributed by atoms with Crippen molar-refractivity contribution in [3.63, 3.8) is 0 Å². The van der Waals surface area contributed by atoms with Crippen molar-refractivity contribution >= 4 is 5.91 Å². The third-order valence-corrected chi connectivity index (χ3v) is 5.03. The monoisotopic (exact) mass is 317 g/mol. The molecule has 23 heavy (non-hydrogen) atoms. The van der Waals surface area contributed by atoms with Crippen molar-refractivity contribution < 1.29 is 14.3 Å². The Kier molecular flexibility index (Phi) is 5.02. The summed E-state index contributed by atoms with van der Waals surface area (Å²) >= 11 is 0. The Balaban J connectivity index is 1.55. The number of benzene rings is 1. The average Bonchev–Trinajstić information content (AvgIpc) is 3.09. The first-order chi connectivity index (χ1) is 11.1. The Morgan fingerprint density at radius 2 is 1.83 bits per heavy atom. The van der Waals surface area contributed by atoms with Gasteiger partial charge in [-0.25, -0.2) is 0 Å². The highest BCUT2D eigenvalue weighted by atomic mass is 16.5. The lowest BCUT2D eigenvalue weighted by Gasteiger charge is -2.37. The molecule has 1 unspecified atom stereocenters. The number of amides is 1. The minimum absolute atomic E-state index is 0.214. The predicted molar refractivity (Wildman–Crippen MR) is 89.4 cm³/mol. The number of piperidine rings is 1. The minimum Gasteiger partial charge on any atom is -0.379 e. The van der Waals surface area contributed by atoms with E-state index in [9.17, 15) is 4.79 Å². The topological polar surface area (TPSA) is 38.8 Å². The van der Waals surface area contributed by atoms with Crippen molar-refractivity contribution in [2.75, 3.05) is 26.3 Å². The third kappa shape index (κ3) is 3.75. The molecule has 1 atom stereocenters. The molecule has 1 aromatic carbocycles. The zero-order valence-corrected chi connectivity index (χ0v) is 14.2. The largest absolute Gasteiger partial charge is 0.379 e. The van der Waals surface area contributed by atoms with E-state index in [0.29, 0.717) is 0 Å². The molecular formula is C19H27NO3. The summed E-state index contributed by atoms with van der Waals surface area (Å²) in [5, 5.41) is 0. The number of hydrogen-bond acceptors (Lipinski definition) is 3. The van der Waals surface area contributed by atoms with E-state index in [-0.39, 0.29) is 18.1 Å². The lowest BCUT2D eigenvalue weighted by Crippen LogP contribution is -2.48. The summed E-state index contributed by atoms with van der Waals surface area (Å²) < 4.78 is 11.4. The van der Waals surface area contributed by atoms with Gasteiger partial charge in [-0.2, -0.15) is 0 Å². The SMILES string of the molecule is CC(C)(C(=O)N1CCC(OC2CCOC2)CC1)c1ccccc1. The fourth-order valence-electron chi connectivity index (χ4n) is 3.46. The molecule has 4 heteroatoms. The lowest BCUT2D eigenvalue weighted by molar-refractivity contribution is -0.139. The number of carbonyl (C=O) groups excluding carboxylic acids is 1. The van der Waals surface area contributed by atoms with Crippen LogP contribution < -0.4 is 0 Å². The Morgan fingerprint density at radius 1 is 1.13 bits per heavy atom. The van der Waals surface area contributed by atoms with Gasteiger partial charge in [-0.1, -0.05) is 30.3 Å². The maximum atomic E-state index is 12.9. The second-order valence-electron chi connectivity index (χ2n) is 7.10. The van der Waals surface area contributed by atoms with Crippen molar-refractivity contribution in [1.29, 1.82) is 0 Å². The molecule has 2 heterocycles. The Hall–Kier alpha value is -1.39. The molecule has 0 aromatic heterocycles. The van der Waals surface area contributed by atoms with Crippen molar-refractivity contribution in [1.82, 2.24) is 4.90 Å². The number of ether oxygens (including phenoxy) is 2. The zero-order chi connectivity index (χ0) is 16.3. The van der Waals surface area contributed by atoms with E-state index >= 15 is 0 Å². The zero-order valence-electron chi connectivity index (χ0n) is 14.2. The van der Waals surface area contributed by atoms with Gasteiger partial charge in [0.1, 0.15) is 0 Å². The summed E-state index contributed by atoms with van der Waals surface area (Å²) in [4.78, 5) is 14.9. The van der Waals surface area contributed by atoms with Crippen LogP contribution in [0.5, 0.6) is 0 Å². The molecule has 0 radical (unpaired) electrons. The molecule has 1 amide bonds. The van der Waals surface area contributed by atoms with Crippen molar-refractivity contribution in [2.24, 2.45) is 0 Å². The Morgan fingerprint density at radius 3 is 2.43 bits per heavy atom. The summed E-state index contributed by atoms with van der Waals surface area (Å²) in [5.41, 5.74) is 0.598. The maximum absolute atomic E-state index is 12.9. The summed E-state index contributed by atoms with van der Waals surface area (Å²) in [6.45, 7) is 7.14. The molecular weight excluding hydrogens is 290 g/mol. The molecule has 2 aliphatic rings. The smallest absolute Gasteiger partial charge is 0.232 e. The molecule has 0 spiro atoms. The third-order valence-electron chi connectivity index (χ3n) is 5.03. The lowest BCUT2D eigenvalue weighted by atomic mass is 9.82. The highest BCUT2D eigenvalue weighted by molar-refractivity contribution is 5.87. The van der Waals surface area contributed by atoms with E-state index < -0.39 is 5.41 Å². The molecule has 3 rings (SSSR count). The highest BCUT2D eigenvalue weighted by Crippen LogP contribution is 2.28. The Labute approximate surface area is 138 Å². The summed E-state index contributed by atoms with van der Waals surface area (Å²) in [5.74, 6) is 0.214. The van der Waals surface area contributed by atoms with Crippen LogP contribution in [0.3, 0.4) is 0 Å². The van der Waals surface area contributed by atoms with Crippen molar-refractivity contribution in [3.8, 4) is 0 Å². The first-order valence-electron chi connectivity index (χ1n) is 8.65. The summed E-state index contributed by atoms with van der Waals surface area (Å²) in [6.07, 6.45) is 3.37. The summed E-state index contributed by atoms with van der Waals surface area (Å²) in [7, 11) is 0. The van der Waals surface area contributed by atoms with Crippen LogP contribution in [-0.2, 0) is 19.7 Å².